The van der Waals surface area contributed by atoms with Gasteiger partial charge < -0.3 is 10.1 Å². The largest absolute Gasteiger partial charge is 0.433 e. The molecule has 3 rings (SSSR count). The predicted molar refractivity (Wildman–Crippen MR) is 108 cm³/mol. The van der Waals surface area contributed by atoms with E-state index in [-0.39, 0.29) is 17.2 Å². The third-order valence-corrected chi connectivity index (χ3v) is 4.93. The summed E-state index contributed by atoms with van der Waals surface area (Å²) in [4.78, 5) is 25.4. The molecule has 2 heterocycles. The zero-order chi connectivity index (χ0) is 24.4. The maximum Gasteiger partial charge on any atom is 0.387 e. The monoisotopic (exact) mass is 492 g/mol. The van der Waals surface area contributed by atoms with Gasteiger partial charge >= 0.3 is 6.61 Å². The number of hydrogen-bond donors (Lipinski definition) is 4. The van der Waals surface area contributed by atoms with E-state index in [9.17, 15) is 27.2 Å². The molecule has 16 heteroatoms. The van der Waals surface area contributed by atoms with E-state index in [2.05, 4.69) is 36.6 Å². The third kappa shape index (κ3) is 4.93. The second-order valence-corrected chi connectivity index (χ2v) is 6.95. The molecule has 0 radical (unpaired) electrons. The molecule has 1 aliphatic rings. The lowest BCUT2D eigenvalue weighted by Gasteiger charge is -2.17. The predicted octanol–water partition coefficient (Wildman–Crippen LogP) is 2.13. The SMILES string of the molecule is Cc1c(C(F)F)c(C(=O)Nc2c(OC(F)F)ccc(C(=O)NC3=NNNN3C)c2Cl)nn1C. The molecule has 0 bridgehead atoms. The molecule has 1 aromatic carbocycles. The van der Waals surface area contributed by atoms with Crippen molar-refractivity contribution in [1.82, 2.24) is 31.2 Å². The summed E-state index contributed by atoms with van der Waals surface area (Å²) in [5.41, 5.74) is 2.91. The molecule has 0 unspecified atom stereocenters. The fraction of sp³-hybridized carbons (Fsp3) is 0.294. The Hall–Kier alpha value is -3.59. The second kappa shape index (κ2) is 9.50. The lowest BCUT2D eigenvalue weighted by Crippen LogP contribution is -2.45. The van der Waals surface area contributed by atoms with Crippen LogP contribution in [0, 0.1) is 6.92 Å². The second-order valence-electron chi connectivity index (χ2n) is 6.58. The van der Waals surface area contributed by atoms with Crippen LogP contribution in [0.2, 0.25) is 5.02 Å². The van der Waals surface area contributed by atoms with Gasteiger partial charge in [-0.15, -0.1) is 10.6 Å². The van der Waals surface area contributed by atoms with Gasteiger partial charge in [-0.1, -0.05) is 11.6 Å². The minimum Gasteiger partial charge on any atom is -0.433 e. The van der Waals surface area contributed by atoms with E-state index >= 15 is 0 Å². The van der Waals surface area contributed by atoms with Gasteiger partial charge in [-0.2, -0.15) is 13.9 Å². The van der Waals surface area contributed by atoms with Gasteiger partial charge in [0.05, 0.1) is 16.1 Å². The molecule has 33 heavy (non-hydrogen) atoms. The number of aryl methyl sites for hydroxylation is 1. The van der Waals surface area contributed by atoms with Crippen molar-refractivity contribution in [3.63, 3.8) is 0 Å². The van der Waals surface area contributed by atoms with Crippen LogP contribution in [0.15, 0.2) is 17.2 Å². The Balaban J connectivity index is 1.99. The van der Waals surface area contributed by atoms with Crippen LogP contribution in [-0.4, -0.2) is 46.2 Å². The Labute approximate surface area is 188 Å². The first kappa shape index (κ1) is 24.1. The van der Waals surface area contributed by atoms with Gasteiger partial charge in [-0.3, -0.25) is 24.6 Å². The molecule has 0 fully saturated rings. The molecule has 178 valence electrons. The number of nitrogens with one attached hydrogen (secondary N) is 4. The highest BCUT2D eigenvalue weighted by atomic mass is 35.5. The number of aromatic nitrogens is 2. The zero-order valence-corrected chi connectivity index (χ0v) is 18.0. The standard InChI is InChI=1S/C17H17ClF4N8O3/c1-6-9(13(19)20)12(26-29(6)2)15(32)23-11-8(33-16(21)22)5-4-7(10(11)18)14(31)24-17-25-27-28-30(17)3/h4-5,13,16,27-28H,1-3H3,(H,23,32)(H,24,25,31). The van der Waals surface area contributed by atoms with Crippen LogP contribution in [0.1, 0.15) is 38.5 Å². The number of hydrazone groups is 1. The molecule has 1 aromatic heterocycles. The summed E-state index contributed by atoms with van der Waals surface area (Å²) >= 11 is 6.23. The van der Waals surface area contributed by atoms with Gasteiger partial charge in [-0.05, 0) is 19.1 Å². The highest BCUT2D eigenvalue weighted by Gasteiger charge is 2.29. The Morgan fingerprint density at radius 1 is 1.15 bits per heavy atom. The van der Waals surface area contributed by atoms with Gasteiger partial charge in [0.15, 0.2) is 11.4 Å². The summed E-state index contributed by atoms with van der Waals surface area (Å²) in [6, 6.07) is 2.05. The molecule has 0 spiro atoms. The number of hydrogen-bond acceptors (Lipinski definition) is 8. The minimum atomic E-state index is -3.30. The third-order valence-electron chi connectivity index (χ3n) is 4.54. The molecule has 0 atom stereocenters. The van der Waals surface area contributed by atoms with Crippen LogP contribution >= 0.6 is 11.6 Å². The molecule has 4 N–H and O–H groups in total. The van der Waals surface area contributed by atoms with Gasteiger partial charge in [0.2, 0.25) is 5.96 Å². The Morgan fingerprint density at radius 3 is 2.42 bits per heavy atom. The molecule has 2 aromatic rings. The topological polar surface area (TPSA) is 125 Å². The quantitative estimate of drug-likeness (QED) is 0.455. The van der Waals surface area contributed by atoms with Crippen LogP contribution in [0.4, 0.5) is 23.2 Å². The van der Waals surface area contributed by atoms with E-state index in [0.29, 0.717) is 0 Å². The Kier molecular flexibility index (Phi) is 6.92. The molecule has 2 amide bonds. The summed E-state index contributed by atoms with van der Waals surface area (Å²) in [6.45, 7) is -1.97. The lowest BCUT2D eigenvalue weighted by molar-refractivity contribution is -0.0493. The molecular weight excluding hydrogens is 476 g/mol. The number of rotatable bonds is 6. The number of carbonyl (C=O) groups is 2. The number of amides is 2. The van der Waals surface area contributed by atoms with E-state index in [1.165, 1.54) is 26.0 Å². The van der Waals surface area contributed by atoms with Crippen molar-refractivity contribution in [1.29, 1.82) is 0 Å². The van der Waals surface area contributed by atoms with Crippen LogP contribution < -0.4 is 26.4 Å². The average Bonchev–Trinajstić information content (AvgIpc) is 3.26. The fourth-order valence-electron chi connectivity index (χ4n) is 2.83. The average molecular weight is 493 g/mol. The molecule has 1 aliphatic heterocycles. The maximum absolute atomic E-state index is 13.5. The van der Waals surface area contributed by atoms with E-state index in [4.69, 9.17) is 11.6 Å². The number of alkyl halides is 4. The normalized spacial score (nSPS) is 13.3. The summed E-state index contributed by atoms with van der Waals surface area (Å²) in [6.07, 6.45) is -3.03. The highest BCUT2D eigenvalue weighted by Crippen LogP contribution is 2.37. The summed E-state index contributed by atoms with van der Waals surface area (Å²) in [5, 5.41) is 12.9. The first-order valence-electron chi connectivity index (χ1n) is 9.05. The van der Waals surface area contributed by atoms with Crippen LogP contribution in [0.25, 0.3) is 0 Å². The Bertz CT molecular complexity index is 1120. The number of halogens is 5. The smallest absolute Gasteiger partial charge is 0.387 e. The maximum atomic E-state index is 13.5. The van der Waals surface area contributed by atoms with Gasteiger partial charge in [-0.25, -0.2) is 14.3 Å². The summed E-state index contributed by atoms with van der Waals surface area (Å²) in [5.74, 6) is -2.51. The number of guanidine groups is 1. The molecule has 11 nitrogen and oxygen atoms in total. The fourth-order valence-corrected chi connectivity index (χ4v) is 3.12. The summed E-state index contributed by atoms with van der Waals surface area (Å²) in [7, 11) is 2.88. The van der Waals surface area contributed by atoms with Crippen molar-refractivity contribution in [2.45, 2.75) is 20.0 Å². The molecular formula is C17H17ClF4N8O3. The van der Waals surface area contributed by atoms with Gasteiger partial charge in [0.25, 0.3) is 18.2 Å². The number of nitrogens with zero attached hydrogens (tertiary/aromatic N) is 4. The van der Waals surface area contributed by atoms with E-state index in [0.717, 1.165) is 16.8 Å². The highest BCUT2D eigenvalue weighted by molar-refractivity contribution is 6.37. The number of carbonyl (C=O) groups excluding carboxylic acids is 2. The van der Waals surface area contributed by atoms with E-state index < -0.39 is 52.6 Å². The van der Waals surface area contributed by atoms with Crippen LogP contribution in [-0.2, 0) is 7.05 Å². The number of anilines is 1. The van der Waals surface area contributed by atoms with Crippen molar-refractivity contribution in [2.24, 2.45) is 12.1 Å². The van der Waals surface area contributed by atoms with Crippen molar-refractivity contribution in [3.05, 3.63) is 39.7 Å². The summed E-state index contributed by atoms with van der Waals surface area (Å²) < 4.78 is 58.1. The molecule has 0 saturated heterocycles. The van der Waals surface area contributed by atoms with E-state index in [1.807, 2.05) is 0 Å². The molecule has 0 aliphatic carbocycles. The van der Waals surface area contributed by atoms with Crippen molar-refractivity contribution < 1.29 is 31.9 Å². The van der Waals surface area contributed by atoms with Crippen LogP contribution in [0.3, 0.4) is 0 Å². The van der Waals surface area contributed by atoms with Crippen LogP contribution in [0.5, 0.6) is 5.75 Å². The number of benzene rings is 1. The van der Waals surface area contributed by atoms with Crippen molar-refractivity contribution >= 4 is 35.1 Å². The number of ether oxygens (including phenoxy) is 1. The number of hydrazine groups is 2. The first-order chi connectivity index (χ1) is 15.5. The van der Waals surface area contributed by atoms with Crippen molar-refractivity contribution in [3.8, 4) is 5.75 Å². The zero-order valence-electron chi connectivity index (χ0n) is 17.2. The van der Waals surface area contributed by atoms with E-state index in [1.54, 1.807) is 0 Å². The van der Waals surface area contributed by atoms with Gasteiger partial charge in [0.1, 0.15) is 5.69 Å². The molecule has 0 saturated carbocycles. The Morgan fingerprint density at radius 2 is 1.85 bits per heavy atom. The van der Waals surface area contributed by atoms with Crippen molar-refractivity contribution in [2.75, 3.05) is 12.4 Å². The lowest BCUT2D eigenvalue weighted by atomic mass is 10.1. The van der Waals surface area contributed by atoms with Gasteiger partial charge in [0, 0.05) is 19.8 Å². The first-order valence-corrected chi connectivity index (χ1v) is 9.42. The minimum absolute atomic E-state index is 0.0297.